The van der Waals surface area contributed by atoms with Crippen LogP contribution in [-0.2, 0) is 25.5 Å². The van der Waals surface area contributed by atoms with Gasteiger partial charge in [0.15, 0.2) is 5.41 Å². The minimum absolute atomic E-state index is 0.169. The van der Waals surface area contributed by atoms with Gasteiger partial charge >= 0.3 is 11.9 Å². The van der Waals surface area contributed by atoms with Crippen molar-refractivity contribution < 1.29 is 19.1 Å². The van der Waals surface area contributed by atoms with Crippen LogP contribution in [-0.4, -0.2) is 25.2 Å². The molecule has 0 atom stereocenters. The molecule has 0 amide bonds. The molecule has 1 aromatic rings. The summed E-state index contributed by atoms with van der Waals surface area (Å²) >= 11 is 9.44. The van der Waals surface area contributed by atoms with E-state index in [1.54, 1.807) is 39.0 Å². The third-order valence-corrected chi connectivity index (χ3v) is 4.44. The van der Waals surface area contributed by atoms with Crippen LogP contribution in [0.15, 0.2) is 22.7 Å². The number of benzene rings is 1. The number of rotatable bonds is 7. The lowest BCUT2D eigenvalue weighted by atomic mass is 9.79. The van der Waals surface area contributed by atoms with Crippen LogP contribution in [0.3, 0.4) is 0 Å². The molecule has 1 aromatic carbocycles. The second kappa shape index (κ2) is 8.53. The van der Waals surface area contributed by atoms with Gasteiger partial charge in [-0.2, -0.15) is 0 Å². The van der Waals surface area contributed by atoms with E-state index >= 15 is 0 Å². The Morgan fingerprint density at radius 1 is 1.14 bits per heavy atom. The molecule has 0 radical (unpaired) electrons. The van der Waals surface area contributed by atoms with Gasteiger partial charge in [0.25, 0.3) is 0 Å². The molecule has 0 spiro atoms. The summed E-state index contributed by atoms with van der Waals surface area (Å²) in [6.07, 6.45) is 0.450. The van der Waals surface area contributed by atoms with E-state index in [1.165, 1.54) is 0 Å². The molecule has 0 saturated heterocycles. The van der Waals surface area contributed by atoms with E-state index in [9.17, 15) is 9.59 Å². The van der Waals surface area contributed by atoms with E-state index < -0.39 is 17.4 Å². The average molecular weight is 392 g/mol. The molecule has 0 N–H and O–H groups in total. The molecule has 0 saturated carbocycles. The average Bonchev–Trinajstić information content (AvgIpc) is 2.48. The van der Waals surface area contributed by atoms with Crippen molar-refractivity contribution in [2.75, 3.05) is 13.2 Å². The van der Waals surface area contributed by atoms with Gasteiger partial charge in [-0.1, -0.05) is 34.5 Å². The van der Waals surface area contributed by atoms with Crippen LogP contribution in [0.1, 0.15) is 32.8 Å². The van der Waals surface area contributed by atoms with E-state index in [1.807, 2.05) is 0 Å². The lowest BCUT2D eigenvalue weighted by molar-refractivity contribution is -0.172. The van der Waals surface area contributed by atoms with E-state index in [0.717, 1.165) is 10.0 Å². The van der Waals surface area contributed by atoms with Gasteiger partial charge in [0.2, 0.25) is 0 Å². The topological polar surface area (TPSA) is 52.6 Å². The zero-order valence-corrected chi connectivity index (χ0v) is 15.3. The third-order valence-electron chi connectivity index (χ3n) is 3.44. The highest BCUT2D eigenvalue weighted by Gasteiger charge is 2.47. The van der Waals surface area contributed by atoms with Crippen molar-refractivity contribution in [2.45, 2.75) is 33.6 Å². The fourth-order valence-corrected chi connectivity index (χ4v) is 2.77. The van der Waals surface area contributed by atoms with Gasteiger partial charge < -0.3 is 9.47 Å². The Hall–Kier alpha value is -1.07. The standard InChI is InChI=1S/C16H20BrClO4/c1-4-16(14(19)21-5-2,15(20)22-6-3)10-11-9-12(18)7-8-13(11)17/h7-9H,4-6,10H2,1-3H3. The molecule has 0 fully saturated rings. The van der Waals surface area contributed by atoms with Crippen LogP contribution in [0.2, 0.25) is 5.02 Å². The second-order valence-electron chi connectivity index (χ2n) is 4.79. The zero-order valence-electron chi connectivity index (χ0n) is 12.9. The van der Waals surface area contributed by atoms with Crippen molar-refractivity contribution in [1.29, 1.82) is 0 Å². The summed E-state index contributed by atoms with van der Waals surface area (Å²) in [5.41, 5.74) is -0.602. The maximum Gasteiger partial charge on any atom is 0.323 e. The monoisotopic (exact) mass is 390 g/mol. The largest absolute Gasteiger partial charge is 0.465 e. The lowest BCUT2D eigenvalue weighted by Gasteiger charge is -2.28. The van der Waals surface area contributed by atoms with E-state index in [-0.39, 0.29) is 26.1 Å². The predicted molar refractivity (Wildman–Crippen MR) is 88.8 cm³/mol. The summed E-state index contributed by atoms with van der Waals surface area (Å²) < 4.78 is 11.0. The van der Waals surface area contributed by atoms with Crippen LogP contribution in [0, 0.1) is 5.41 Å². The number of halogens is 2. The fourth-order valence-electron chi connectivity index (χ4n) is 2.18. The summed E-state index contributed by atoms with van der Waals surface area (Å²) in [6, 6.07) is 5.25. The van der Waals surface area contributed by atoms with Crippen LogP contribution in [0.4, 0.5) is 0 Å². The molecule has 4 nitrogen and oxygen atoms in total. The molecule has 1 rings (SSSR count). The molecule has 0 bridgehead atoms. The Kier molecular flexibility index (Phi) is 7.36. The van der Waals surface area contributed by atoms with Crippen molar-refractivity contribution in [3.8, 4) is 0 Å². The van der Waals surface area contributed by atoms with Crippen molar-refractivity contribution in [1.82, 2.24) is 0 Å². The SMILES string of the molecule is CCOC(=O)C(CC)(Cc1cc(Cl)ccc1Br)C(=O)OCC. The van der Waals surface area contributed by atoms with Crippen LogP contribution < -0.4 is 0 Å². The first-order valence-electron chi connectivity index (χ1n) is 7.19. The summed E-state index contributed by atoms with van der Waals surface area (Å²) in [4.78, 5) is 24.9. The van der Waals surface area contributed by atoms with Crippen LogP contribution >= 0.6 is 27.5 Å². The normalized spacial score (nSPS) is 11.1. The summed E-state index contributed by atoms with van der Waals surface area (Å²) in [6.45, 7) is 5.59. The molecule has 6 heteroatoms. The third kappa shape index (κ3) is 4.23. The van der Waals surface area contributed by atoms with Gasteiger partial charge in [0.1, 0.15) is 0 Å². The summed E-state index contributed by atoms with van der Waals surface area (Å²) in [5, 5.41) is 0.538. The van der Waals surface area contributed by atoms with Gasteiger partial charge in [-0.25, -0.2) is 0 Å². The van der Waals surface area contributed by atoms with Gasteiger partial charge in [-0.15, -0.1) is 0 Å². The number of hydrogen-bond acceptors (Lipinski definition) is 4. The molecule has 0 unspecified atom stereocenters. The first-order valence-corrected chi connectivity index (χ1v) is 8.36. The lowest BCUT2D eigenvalue weighted by Crippen LogP contribution is -2.43. The molecular weight excluding hydrogens is 372 g/mol. The Bertz CT molecular complexity index is 527. The van der Waals surface area contributed by atoms with Gasteiger partial charge in [-0.05, 0) is 44.0 Å². The molecule has 0 aliphatic carbocycles. The van der Waals surface area contributed by atoms with E-state index in [0.29, 0.717) is 5.02 Å². The molecule has 122 valence electrons. The smallest absolute Gasteiger partial charge is 0.323 e. The Balaban J connectivity index is 3.26. The Labute approximate surface area is 144 Å². The van der Waals surface area contributed by atoms with Gasteiger partial charge in [0, 0.05) is 15.9 Å². The molecule has 0 aromatic heterocycles. The summed E-state index contributed by atoms with van der Waals surface area (Å²) in [5.74, 6) is -1.13. The van der Waals surface area contributed by atoms with Crippen molar-refractivity contribution >= 4 is 39.5 Å². The number of hydrogen-bond donors (Lipinski definition) is 0. The summed E-state index contributed by atoms with van der Waals surface area (Å²) in [7, 11) is 0. The van der Waals surface area contributed by atoms with Crippen LogP contribution in [0.5, 0.6) is 0 Å². The molecular formula is C16H20BrClO4. The van der Waals surface area contributed by atoms with Crippen LogP contribution in [0.25, 0.3) is 0 Å². The molecule has 0 aliphatic heterocycles. The molecule has 0 aliphatic rings. The minimum atomic E-state index is -1.36. The predicted octanol–water partition coefficient (Wildman–Crippen LogP) is 4.17. The minimum Gasteiger partial charge on any atom is -0.465 e. The first kappa shape index (κ1) is 19.0. The highest BCUT2D eigenvalue weighted by molar-refractivity contribution is 9.10. The van der Waals surface area contributed by atoms with Gasteiger partial charge in [0.05, 0.1) is 13.2 Å². The Morgan fingerprint density at radius 3 is 2.14 bits per heavy atom. The molecule has 0 heterocycles. The number of carbonyl (C=O) groups excluding carboxylic acids is 2. The number of esters is 2. The highest BCUT2D eigenvalue weighted by atomic mass is 79.9. The van der Waals surface area contributed by atoms with Crippen molar-refractivity contribution in [3.63, 3.8) is 0 Å². The van der Waals surface area contributed by atoms with E-state index in [4.69, 9.17) is 21.1 Å². The number of carbonyl (C=O) groups is 2. The first-order chi connectivity index (χ1) is 10.4. The second-order valence-corrected chi connectivity index (χ2v) is 6.08. The van der Waals surface area contributed by atoms with E-state index in [2.05, 4.69) is 15.9 Å². The Morgan fingerprint density at radius 2 is 1.68 bits per heavy atom. The zero-order chi connectivity index (χ0) is 16.8. The maximum atomic E-state index is 12.4. The van der Waals surface area contributed by atoms with Crippen molar-refractivity contribution in [2.24, 2.45) is 5.41 Å². The quantitative estimate of drug-likeness (QED) is 0.517. The van der Waals surface area contributed by atoms with Crippen molar-refractivity contribution in [3.05, 3.63) is 33.3 Å². The highest BCUT2D eigenvalue weighted by Crippen LogP contribution is 2.34. The number of ether oxygens (including phenoxy) is 2. The maximum absolute atomic E-state index is 12.4. The van der Waals surface area contributed by atoms with Gasteiger partial charge in [-0.3, -0.25) is 9.59 Å². The fraction of sp³-hybridized carbons (Fsp3) is 0.500. The molecule has 22 heavy (non-hydrogen) atoms.